The Labute approximate surface area is 169 Å². The van der Waals surface area contributed by atoms with E-state index in [1.54, 1.807) is 0 Å². The van der Waals surface area contributed by atoms with Gasteiger partial charge in [0.2, 0.25) is 0 Å². The molecule has 0 N–H and O–H groups in total. The van der Waals surface area contributed by atoms with Crippen molar-refractivity contribution in [2.75, 3.05) is 0 Å². The first-order chi connectivity index (χ1) is 13.3. The fourth-order valence-electron chi connectivity index (χ4n) is 4.33. The summed E-state index contributed by atoms with van der Waals surface area (Å²) in [6.45, 7) is 9.80. The number of hydrogen-bond donors (Lipinski definition) is 0. The van der Waals surface area contributed by atoms with Crippen molar-refractivity contribution in [1.82, 2.24) is 4.90 Å². The van der Waals surface area contributed by atoms with Gasteiger partial charge in [-0.05, 0) is 50.7 Å². The Morgan fingerprint density at radius 1 is 0.929 bits per heavy atom. The Balaban J connectivity index is 1.86. The van der Waals surface area contributed by atoms with Crippen molar-refractivity contribution in [3.8, 4) is 0 Å². The Morgan fingerprint density at radius 2 is 1.43 bits per heavy atom. The first-order valence-corrected chi connectivity index (χ1v) is 10.4. The lowest BCUT2D eigenvalue weighted by molar-refractivity contribution is -0.162. The molecule has 0 saturated heterocycles. The maximum atomic E-state index is 13.0. The molecule has 0 heterocycles. The van der Waals surface area contributed by atoms with E-state index in [-0.39, 0.29) is 17.9 Å². The molecule has 3 nitrogen and oxygen atoms in total. The average molecular weight is 380 g/mol. The summed E-state index contributed by atoms with van der Waals surface area (Å²) < 4.78 is 5.79. The monoisotopic (exact) mass is 379 g/mol. The molecule has 1 aliphatic rings. The Hall–Kier alpha value is -2.13. The summed E-state index contributed by atoms with van der Waals surface area (Å²) in [4.78, 5) is 15.5. The highest BCUT2D eigenvalue weighted by atomic mass is 16.6. The molecule has 28 heavy (non-hydrogen) atoms. The second-order valence-corrected chi connectivity index (χ2v) is 9.06. The quantitative estimate of drug-likeness (QED) is 0.626. The van der Waals surface area contributed by atoms with Gasteiger partial charge in [0, 0.05) is 19.1 Å². The van der Waals surface area contributed by atoms with Crippen molar-refractivity contribution in [1.29, 1.82) is 0 Å². The fraction of sp³-hybridized carbons (Fsp3) is 0.480. The minimum Gasteiger partial charge on any atom is -0.460 e. The highest BCUT2D eigenvalue weighted by molar-refractivity contribution is 5.74. The summed E-state index contributed by atoms with van der Waals surface area (Å²) in [5.41, 5.74) is 2.11. The first-order valence-electron chi connectivity index (χ1n) is 10.4. The maximum Gasteiger partial charge on any atom is 0.311 e. The van der Waals surface area contributed by atoms with Crippen LogP contribution in [0.25, 0.3) is 0 Å². The lowest BCUT2D eigenvalue weighted by atomic mass is 9.95. The van der Waals surface area contributed by atoms with Crippen LogP contribution in [0.2, 0.25) is 0 Å². The molecular formula is C25H33NO2. The molecule has 150 valence electrons. The number of esters is 1. The van der Waals surface area contributed by atoms with E-state index in [4.69, 9.17) is 4.74 Å². The predicted molar refractivity (Wildman–Crippen MR) is 114 cm³/mol. The molecule has 0 unspecified atom stereocenters. The zero-order valence-electron chi connectivity index (χ0n) is 17.6. The molecule has 3 rings (SSSR count). The molecule has 0 aromatic heterocycles. The second-order valence-electron chi connectivity index (χ2n) is 9.06. The SMILES string of the molecule is C[C@@H]1CC[C@@H](C(=O)OC(C)(C)C)[C@H]1N(Cc1ccccc1)Cc1ccccc1. The summed E-state index contributed by atoms with van der Waals surface area (Å²) in [5.74, 6) is 0.347. The van der Waals surface area contributed by atoms with E-state index in [1.807, 2.05) is 32.9 Å². The minimum atomic E-state index is -0.447. The Morgan fingerprint density at radius 3 is 1.89 bits per heavy atom. The van der Waals surface area contributed by atoms with Crippen molar-refractivity contribution < 1.29 is 9.53 Å². The van der Waals surface area contributed by atoms with Crippen LogP contribution < -0.4 is 0 Å². The molecule has 1 aliphatic carbocycles. The standard InChI is InChI=1S/C25H33NO2/c1-19-15-16-22(24(27)28-25(2,3)4)23(19)26(17-20-11-7-5-8-12-20)18-21-13-9-6-10-14-21/h5-14,19,22-23H,15-18H2,1-4H3/t19-,22-,23+/m1/s1. The van der Waals surface area contributed by atoms with Gasteiger partial charge in [0.05, 0.1) is 5.92 Å². The van der Waals surface area contributed by atoms with E-state index < -0.39 is 5.60 Å². The molecular weight excluding hydrogens is 346 g/mol. The first kappa shape index (κ1) is 20.6. The zero-order chi connectivity index (χ0) is 20.1. The average Bonchev–Trinajstić information content (AvgIpc) is 3.03. The lowest BCUT2D eigenvalue weighted by Crippen LogP contribution is -2.44. The molecule has 0 aliphatic heterocycles. The van der Waals surface area contributed by atoms with Crippen LogP contribution >= 0.6 is 0 Å². The molecule has 3 heteroatoms. The molecule has 0 bridgehead atoms. The molecule has 2 aromatic rings. The van der Waals surface area contributed by atoms with Gasteiger partial charge in [-0.1, -0.05) is 67.6 Å². The van der Waals surface area contributed by atoms with Crippen molar-refractivity contribution >= 4 is 5.97 Å². The maximum absolute atomic E-state index is 13.0. The number of carbonyl (C=O) groups excluding carboxylic acids is 1. The smallest absolute Gasteiger partial charge is 0.311 e. The minimum absolute atomic E-state index is 0.0482. The van der Waals surface area contributed by atoms with Crippen molar-refractivity contribution in [3.63, 3.8) is 0 Å². The molecule has 2 aromatic carbocycles. The van der Waals surface area contributed by atoms with Gasteiger partial charge >= 0.3 is 5.97 Å². The second kappa shape index (κ2) is 8.91. The third-order valence-electron chi connectivity index (χ3n) is 5.52. The molecule has 3 atom stereocenters. The van der Waals surface area contributed by atoms with Gasteiger partial charge in [-0.3, -0.25) is 9.69 Å². The molecule has 0 spiro atoms. The summed E-state index contributed by atoms with van der Waals surface area (Å²) in [7, 11) is 0. The number of nitrogens with zero attached hydrogens (tertiary/aromatic N) is 1. The van der Waals surface area contributed by atoms with Gasteiger partial charge in [-0.15, -0.1) is 0 Å². The van der Waals surface area contributed by atoms with Crippen LogP contribution in [-0.4, -0.2) is 22.5 Å². The van der Waals surface area contributed by atoms with E-state index in [0.29, 0.717) is 5.92 Å². The van der Waals surface area contributed by atoms with Crippen LogP contribution in [0, 0.1) is 11.8 Å². The van der Waals surface area contributed by atoms with Gasteiger partial charge in [0.25, 0.3) is 0 Å². The van der Waals surface area contributed by atoms with Crippen LogP contribution in [0.1, 0.15) is 51.7 Å². The van der Waals surface area contributed by atoms with Crippen molar-refractivity contribution in [3.05, 3.63) is 71.8 Å². The van der Waals surface area contributed by atoms with Gasteiger partial charge in [0.15, 0.2) is 0 Å². The van der Waals surface area contributed by atoms with Gasteiger partial charge < -0.3 is 4.74 Å². The normalized spacial score (nSPS) is 22.4. The number of benzene rings is 2. The molecule has 1 fully saturated rings. The highest BCUT2D eigenvalue weighted by Gasteiger charge is 2.43. The number of hydrogen-bond acceptors (Lipinski definition) is 3. The topological polar surface area (TPSA) is 29.5 Å². The highest BCUT2D eigenvalue weighted by Crippen LogP contribution is 2.38. The number of carbonyl (C=O) groups is 1. The van der Waals surface area contributed by atoms with Crippen LogP contribution in [-0.2, 0) is 22.6 Å². The summed E-state index contributed by atoms with van der Waals surface area (Å²) in [6.07, 6.45) is 1.97. The summed E-state index contributed by atoms with van der Waals surface area (Å²) in [6, 6.07) is 21.3. The van der Waals surface area contributed by atoms with Crippen molar-refractivity contribution in [2.45, 2.75) is 65.3 Å². The van der Waals surface area contributed by atoms with E-state index in [9.17, 15) is 4.79 Å². The lowest BCUT2D eigenvalue weighted by Gasteiger charge is -2.36. The zero-order valence-corrected chi connectivity index (χ0v) is 17.6. The molecule has 0 amide bonds. The Bertz CT molecular complexity index is 710. The predicted octanol–water partition coefficient (Wildman–Crippen LogP) is 5.45. The van der Waals surface area contributed by atoms with Crippen LogP contribution in [0.15, 0.2) is 60.7 Å². The van der Waals surface area contributed by atoms with E-state index >= 15 is 0 Å². The third-order valence-corrected chi connectivity index (χ3v) is 5.52. The van der Waals surface area contributed by atoms with E-state index in [1.165, 1.54) is 11.1 Å². The van der Waals surface area contributed by atoms with Gasteiger partial charge in [0.1, 0.15) is 5.60 Å². The third kappa shape index (κ3) is 5.45. The summed E-state index contributed by atoms with van der Waals surface area (Å²) in [5, 5.41) is 0. The van der Waals surface area contributed by atoms with Gasteiger partial charge in [-0.2, -0.15) is 0 Å². The van der Waals surface area contributed by atoms with E-state index in [0.717, 1.165) is 25.9 Å². The fourth-order valence-corrected chi connectivity index (χ4v) is 4.33. The summed E-state index contributed by atoms with van der Waals surface area (Å²) >= 11 is 0. The van der Waals surface area contributed by atoms with Crippen LogP contribution in [0.5, 0.6) is 0 Å². The largest absolute Gasteiger partial charge is 0.460 e. The number of ether oxygens (including phenoxy) is 1. The van der Waals surface area contributed by atoms with Crippen LogP contribution in [0.3, 0.4) is 0 Å². The Kier molecular flexibility index (Phi) is 6.56. The van der Waals surface area contributed by atoms with Gasteiger partial charge in [-0.25, -0.2) is 0 Å². The molecule has 1 saturated carbocycles. The van der Waals surface area contributed by atoms with E-state index in [2.05, 4.69) is 60.4 Å². The van der Waals surface area contributed by atoms with Crippen LogP contribution in [0.4, 0.5) is 0 Å². The number of rotatable bonds is 6. The van der Waals surface area contributed by atoms with Crippen molar-refractivity contribution in [2.24, 2.45) is 11.8 Å². The molecule has 0 radical (unpaired) electrons.